The predicted molar refractivity (Wildman–Crippen MR) is 76.2 cm³/mol. The molecule has 0 radical (unpaired) electrons. The maximum absolute atomic E-state index is 5.66. The van der Waals surface area contributed by atoms with Crippen LogP contribution in [0.4, 0.5) is 5.82 Å². The molecule has 1 aliphatic rings. The number of anilines is 1. The Bertz CT molecular complexity index is 616. The number of aromatic nitrogens is 2. The van der Waals surface area contributed by atoms with Gasteiger partial charge in [-0.15, -0.1) is 0 Å². The highest BCUT2D eigenvalue weighted by Crippen LogP contribution is 2.34. The second-order valence-corrected chi connectivity index (χ2v) is 4.63. The fourth-order valence-corrected chi connectivity index (χ4v) is 2.31. The molecule has 0 spiro atoms. The van der Waals surface area contributed by atoms with Crippen molar-refractivity contribution in [3.63, 3.8) is 0 Å². The lowest BCUT2D eigenvalue weighted by Crippen LogP contribution is -2.14. The number of hydrogen-bond acceptors (Lipinski definition) is 5. The van der Waals surface area contributed by atoms with Crippen LogP contribution in [0.2, 0.25) is 0 Å². The first-order chi connectivity index (χ1) is 9.79. The first kappa shape index (κ1) is 12.7. The normalized spacial score (nSPS) is 16.4. The molecule has 0 fully saturated rings. The Morgan fingerprint density at radius 3 is 3.05 bits per heavy atom. The van der Waals surface area contributed by atoms with Crippen molar-refractivity contribution in [1.82, 2.24) is 9.97 Å². The van der Waals surface area contributed by atoms with Crippen LogP contribution >= 0.6 is 0 Å². The molecule has 3 rings (SSSR count). The largest absolute Gasteiger partial charge is 0.491 e. The Morgan fingerprint density at radius 1 is 1.35 bits per heavy atom. The molecule has 0 saturated carbocycles. The molecule has 20 heavy (non-hydrogen) atoms. The van der Waals surface area contributed by atoms with Gasteiger partial charge >= 0.3 is 0 Å². The van der Waals surface area contributed by atoms with E-state index in [1.165, 1.54) is 6.33 Å². The van der Waals surface area contributed by atoms with E-state index in [9.17, 15) is 0 Å². The third kappa shape index (κ3) is 2.27. The van der Waals surface area contributed by atoms with E-state index in [1.54, 1.807) is 0 Å². The first-order valence-corrected chi connectivity index (χ1v) is 6.72. The Balaban J connectivity index is 1.84. The van der Waals surface area contributed by atoms with E-state index >= 15 is 0 Å². The predicted octanol–water partition coefficient (Wildman–Crippen LogP) is 2.73. The highest BCUT2D eigenvalue weighted by Gasteiger charge is 2.24. The molecule has 1 unspecified atom stereocenters. The molecule has 104 valence electrons. The van der Waals surface area contributed by atoms with Gasteiger partial charge in [-0.1, -0.05) is 18.2 Å². The van der Waals surface area contributed by atoms with E-state index in [2.05, 4.69) is 21.4 Å². The van der Waals surface area contributed by atoms with Crippen LogP contribution in [-0.4, -0.2) is 23.2 Å². The van der Waals surface area contributed by atoms with Crippen molar-refractivity contribution in [1.29, 1.82) is 0 Å². The second-order valence-electron chi connectivity index (χ2n) is 4.63. The minimum absolute atomic E-state index is 0.106. The molecule has 0 amide bonds. The molecule has 1 aromatic heterocycles. The zero-order valence-corrected chi connectivity index (χ0v) is 11.6. The van der Waals surface area contributed by atoms with E-state index < -0.39 is 0 Å². The van der Waals surface area contributed by atoms with Gasteiger partial charge in [0.1, 0.15) is 24.5 Å². The van der Waals surface area contributed by atoms with Crippen LogP contribution in [0.3, 0.4) is 0 Å². The van der Waals surface area contributed by atoms with Gasteiger partial charge in [0.2, 0.25) is 5.88 Å². The lowest BCUT2D eigenvalue weighted by Gasteiger charge is -2.15. The molecule has 1 N–H and O–H groups in total. The summed E-state index contributed by atoms with van der Waals surface area (Å²) < 4.78 is 11.2. The molecule has 1 aliphatic heterocycles. The summed E-state index contributed by atoms with van der Waals surface area (Å²) in [5.74, 6) is 2.34. The van der Waals surface area contributed by atoms with Crippen molar-refractivity contribution in [2.45, 2.75) is 19.9 Å². The third-order valence-corrected chi connectivity index (χ3v) is 3.33. The number of para-hydroxylation sites is 1. The molecular weight excluding hydrogens is 254 g/mol. The van der Waals surface area contributed by atoms with Crippen LogP contribution in [0.1, 0.15) is 24.1 Å². The van der Waals surface area contributed by atoms with Crippen LogP contribution in [0.15, 0.2) is 30.6 Å². The molecule has 1 aromatic carbocycles. The Hall–Kier alpha value is -2.30. The summed E-state index contributed by atoms with van der Waals surface area (Å²) in [6.07, 6.45) is 1.52. The van der Waals surface area contributed by atoms with Crippen LogP contribution < -0.4 is 14.8 Å². The molecule has 0 bridgehead atoms. The Kier molecular flexibility index (Phi) is 3.41. The van der Waals surface area contributed by atoms with Crippen molar-refractivity contribution < 1.29 is 9.47 Å². The topological polar surface area (TPSA) is 56.3 Å². The van der Waals surface area contributed by atoms with Gasteiger partial charge in [-0.3, -0.25) is 0 Å². The lowest BCUT2D eigenvalue weighted by atomic mass is 10.1. The van der Waals surface area contributed by atoms with Crippen LogP contribution in [0.25, 0.3) is 0 Å². The van der Waals surface area contributed by atoms with Crippen molar-refractivity contribution in [3.8, 4) is 11.6 Å². The van der Waals surface area contributed by atoms with Gasteiger partial charge in [0, 0.05) is 5.56 Å². The van der Waals surface area contributed by atoms with Gasteiger partial charge in [-0.2, -0.15) is 0 Å². The lowest BCUT2D eigenvalue weighted by molar-refractivity contribution is 0.323. The summed E-state index contributed by atoms with van der Waals surface area (Å²) in [5.41, 5.74) is 2.07. The van der Waals surface area contributed by atoms with Gasteiger partial charge in [-0.05, 0) is 19.9 Å². The second kappa shape index (κ2) is 5.36. The average Bonchev–Trinajstić information content (AvgIpc) is 2.87. The van der Waals surface area contributed by atoms with Crippen molar-refractivity contribution in [2.75, 3.05) is 18.5 Å². The maximum Gasteiger partial charge on any atom is 0.221 e. The molecule has 5 nitrogen and oxygen atoms in total. The summed E-state index contributed by atoms with van der Waals surface area (Å²) in [6, 6.07) is 8.15. The standard InChI is InChI=1S/C15H17N3O2/c1-3-19-15-10(2)14(16-9-17-15)18-12-8-20-13-7-5-4-6-11(12)13/h4-7,9,12H,3,8H2,1-2H3,(H,16,17,18). The summed E-state index contributed by atoms with van der Waals surface area (Å²) >= 11 is 0. The van der Waals surface area contributed by atoms with Crippen LogP contribution in [0.5, 0.6) is 11.6 Å². The number of nitrogens with one attached hydrogen (secondary N) is 1. The average molecular weight is 271 g/mol. The zero-order valence-electron chi connectivity index (χ0n) is 11.6. The van der Waals surface area contributed by atoms with Crippen molar-refractivity contribution >= 4 is 5.82 Å². The molecule has 1 atom stereocenters. The van der Waals surface area contributed by atoms with Gasteiger partial charge in [0.05, 0.1) is 18.2 Å². The van der Waals surface area contributed by atoms with E-state index in [4.69, 9.17) is 9.47 Å². The highest BCUT2D eigenvalue weighted by molar-refractivity contribution is 5.52. The molecule has 0 aliphatic carbocycles. The number of hydrogen-bond donors (Lipinski definition) is 1. The first-order valence-electron chi connectivity index (χ1n) is 6.72. The van der Waals surface area contributed by atoms with E-state index in [-0.39, 0.29) is 6.04 Å². The fourth-order valence-electron chi connectivity index (χ4n) is 2.31. The van der Waals surface area contributed by atoms with Gasteiger partial charge in [0.15, 0.2) is 0 Å². The smallest absolute Gasteiger partial charge is 0.221 e. The van der Waals surface area contributed by atoms with Crippen LogP contribution in [-0.2, 0) is 0 Å². The molecule has 2 aromatic rings. The molecule has 0 saturated heterocycles. The van der Waals surface area contributed by atoms with Crippen molar-refractivity contribution in [2.24, 2.45) is 0 Å². The number of benzene rings is 1. The number of fused-ring (bicyclic) bond motifs is 1. The quantitative estimate of drug-likeness (QED) is 0.926. The third-order valence-electron chi connectivity index (χ3n) is 3.33. The minimum atomic E-state index is 0.106. The summed E-state index contributed by atoms with van der Waals surface area (Å²) in [4.78, 5) is 8.44. The number of ether oxygens (including phenoxy) is 2. The summed E-state index contributed by atoms with van der Waals surface area (Å²) in [6.45, 7) is 5.09. The minimum Gasteiger partial charge on any atom is -0.491 e. The van der Waals surface area contributed by atoms with Crippen molar-refractivity contribution in [3.05, 3.63) is 41.7 Å². The fraction of sp³-hybridized carbons (Fsp3) is 0.333. The highest BCUT2D eigenvalue weighted by atomic mass is 16.5. The Morgan fingerprint density at radius 2 is 2.20 bits per heavy atom. The number of rotatable bonds is 4. The summed E-state index contributed by atoms with van der Waals surface area (Å²) in [5, 5.41) is 3.41. The van der Waals surface area contributed by atoms with Gasteiger partial charge < -0.3 is 14.8 Å². The maximum atomic E-state index is 5.66. The van der Waals surface area contributed by atoms with Crippen LogP contribution in [0, 0.1) is 6.92 Å². The Labute approximate surface area is 118 Å². The monoisotopic (exact) mass is 271 g/mol. The summed E-state index contributed by atoms with van der Waals surface area (Å²) in [7, 11) is 0. The van der Waals surface area contributed by atoms with Gasteiger partial charge in [0.25, 0.3) is 0 Å². The van der Waals surface area contributed by atoms with E-state index in [0.717, 1.165) is 22.7 Å². The zero-order chi connectivity index (χ0) is 13.9. The molecular formula is C15H17N3O2. The molecule has 2 heterocycles. The number of nitrogens with zero attached hydrogens (tertiary/aromatic N) is 2. The SMILES string of the molecule is CCOc1ncnc(NC2COc3ccccc32)c1C. The van der Waals surface area contributed by atoms with E-state index in [0.29, 0.717) is 19.1 Å². The molecule has 5 heteroatoms. The van der Waals surface area contributed by atoms with E-state index in [1.807, 2.05) is 32.0 Å². The van der Waals surface area contributed by atoms with Gasteiger partial charge in [-0.25, -0.2) is 9.97 Å².